The Morgan fingerprint density at radius 2 is 1.29 bits per heavy atom. The van der Waals surface area contributed by atoms with Gasteiger partial charge in [0.1, 0.15) is 17.2 Å². The van der Waals surface area contributed by atoms with Gasteiger partial charge in [-0.15, -0.1) is 0 Å². The monoisotopic (exact) mass is 420 g/mol. The summed E-state index contributed by atoms with van der Waals surface area (Å²) >= 11 is 0. The van der Waals surface area contributed by atoms with E-state index in [9.17, 15) is 22.8 Å². The minimum absolute atomic E-state index is 0.0186. The van der Waals surface area contributed by atoms with Gasteiger partial charge in [-0.25, -0.2) is 4.98 Å². The maximum Gasteiger partial charge on any atom is 0.416 e. The third kappa shape index (κ3) is 4.16. The predicted molar refractivity (Wildman–Crippen MR) is 110 cm³/mol. The molecule has 0 unspecified atom stereocenters. The van der Waals surface area contributed by atoms with Crippen LogP contribution < -0.4 is 0 Å². The van der Waals surface area contributed by atoms with Crippen molar-refractivity contribution >= 4 is 11.6 Å². The predicted octanol–water partition coefficient (Wildman–Crippen LogP) is 5.83. The van der Waals surface area contributed by atoms with E-state index in [-0.39, 0.29) is 22.8 Å². The van der Waals surface area contributed by atoms with Gasteiger partial charge in [-0.3, -0.25) is 9.59 Å². The molecule has 4 nitrogen and oxygen atoms in total. The van der Waals surface area contributed by atoms with Gasteiger partial charge in [-0.2, -0.15) is 13.2 Å². The minimum atomic E-state index is -4.46. The molecule has 0 saturated carbocycles. The molecule has 154 valence electrons. The van der Waals surface area contributed by atoms with Crippen LogP contribution in [0.4, 0.5) is 13.2 Å². The lowest BCUT2D eigenvalue weighted by Gasteiger charge is -2.06. The van der Waals surface area contributed by atoms with E-state index >= 15 is 0 Å². The van der Waals surface area contributed by atoms with Gasteiger partial charge in [-0.1, -0.05) is 72.8 Å². The van der Waals surface area contributed by atoms with Crippen molar-refractivity contribution in [3.63, 3.8) is 0 Å². The summed E-state index contributed by atoms with van der Waals surface area (Å²) in [5.74, 6) is -1.30. The van der Waals surface area contributed by atoms with Crippen LogP contribution in [-0.2, 0) is 6.18 Å². The number of benzene rings is 3. The fourth-order valence-corrected chi connectivity index (χ4v) is 3.13. The van der Waals surface area contributed by atoms with Crippen molar-refractivity contribution < 1.29 is 22.8 Å². The first-order valence-corrected chi connectivity index (χ1v) is 9.32. The number of hydrogen-bond acceptors (Lipinski definition) is 3. The van der Waals surface area contributed by atoms with Crippen LogP contribution in [0, 0.1) is 0 Å². The van der Waals surface area contributed by atoms with Crippen molar-refractivity contribution in [2.75, 3.05) is 0 Å². The van der Waals surface area contributed by atoms with Crippen LogP contribution in [0.5, 0.6) is 0 Å². The number of alkyl halides is 3. The zero-order valence-corrected chi connectivity index (χ0v) is 16.0. The number of carbonyl (C=O) groups excluding carboxylic acids is 2. The summed E-state index contributed by atoms with van der Waals surface area (Å²) in [6.45, 7) is 0. The second-order valence-corrected chi connectivity index (χ2v) is 6.77. The number of nitrogens with one attached hydrogen (secondary N) is 1. The van der Waals surface area contributed by atoms with Crippen LogP contribution >= 0.6 is 0 Å². The molecule has 0 spiro atoms. The van der Waals surface area contributed by atoms with E-state index in [0.29, 0.717) is 11.1 Å². The van der Waals surface area contributed by atoms with Crippen molar-refractivity contribution in [1.82, 2.24) is 9.97 Å². The van der Waals surface area contributed by atoms with Crippen molar-refractivity contribution in [2.45, 2.75) is 6.18 Å². The number of hydrogen-bond donors (Lipinski definition) is 1. The number of carbonyl (C=O) groups is 2. The van der Waals surface area contributed by atoms with Gasteiger partial charge in [0, 0.05) is 16.7 Å². The lowest BCUT2D eigenvalue weighted by atomic mass is 10.0. The lowest BCUT2D eigenvalue weighted by molar-refractivity contribution is -0.137. The van der Waals surface area contributed by atoms with Gasteiger partial charge >= 0.3 is 6.18 Å². The average molecular weight is 420 g/mol. The molecule has 0 amide bonds. The van der Waals surface area contributed by atoms with Crippen LogP contribution in [-0.4, -0.2) is 21.5 Å². The van der Waals surface area contributed by atoms with E-state index < -0.39 is 23.3 Å². The first-order valence-electron chi connectivity index (χ1n) is 9.32. The number of ketones is 2. The number of nitrogens with zero attached hydrogens (tertiary/aromatic N) is 1. The molecule has 1 aromatic heterocycles. The van der Waals surface area contributed by atoms with E-state index in [1.807, 2.05) is 0 Å². The van der Waals surface area contributed by atoms with Crippen molar-refractivity contribution in [3.8, 4) is 22.6 Å². The number of Topliss-reactive ketones (excluding diaryl/α,β-unsaturated/α-hetero) is 2. The largest absolute Gasteiger partial charge is 0.416 e. The molecule has 7 heteroatoms. The smallest absolute Gasteiger partial charge is 0.335 e. The van der Waals surface area contributed by atoms with Gasteiger partial charge in [0.05, 0.1) is 5.56 Å². The van der Waals surface area contributed by atoms with Crippen molar-refractivity contribution in [2.24, 2.45) is 0 Å². The van der Waals surface area contributed by atoms with E-state index in [1.54, 1.807) is 48.5 Å². The zero-order valence-electron chi connectivity index (χ0n) is 16.0. The lowest BCUT2D eigenvalue weighted by Crippen LogP contribution is -2.15. The molecule has 0 aliphatic heterocycles. The summed E-state index contributed by atoms with van der Waals surface area (Å²) in [5.41, 5.74) is 0.635. The van der Waals surface area contributed by atoms with Crippen LogP contribution in [0.15, 0.2) is 84.9 Å². The number of aromatic amines is 1. The quantitative estimate of drug-likeness (QED) is 0.326. The standard InChI is InChI=1S/C24H15F3N2O2/c25-24(26,27)18-13-11-17(12-14-18)23-28-19(15-7-3-1-4-8-15)20(29-23)22(31)21(30)16-9-5-2-6-10-16/h1-14H,(H,28,29). The average Bonchev–Trinajstić information content (AvgIpc) is 3.24. The fraction of sp³-hybridized carbons (Fsp3) is 0.0417. The number of halogens is 3. The fourth-order valence-electron chi connectivity index (χ4n) is 3.13. The Morgan fingerprint density at radius 1 is 0.710 bits per heavy atom. The summed E-state index contributed by atoms with van der Waals surface area (Å²) in [6, 6.07) is 21.3. The Morgan fingerprint density at radius 3 is 1.87 bits per heavy atom. The molecule has 1 heterocycles. The molecular formula is C24H15F3N2O2. The molecule has 0 aliphatic carbocycles. The Kier molecular flexibility index (Phi) is 5.25. The van der Waals surface area contributed by atoms with Gasteiger partial charge in [0.15, 0.2) is 0 Å². The first kappa shape index (κ1) is 20.3. The number of aromatic nitrogens is 2. The number of rotatable bonds is 5. The molecule has 0 radical (unpaired) electrons. The molecule has 3 aromatic carbocycles. The van der Waals surface area contributed by atoms with E-state index in [4.69, 9.17) is 0 Å². The Balaban J connectivity index is 1.78. The van der Waals surface area contributed by atoms with E-state index in [0.717, 1.165) is 12.1 Å². The SMILES string of the molecule is O=C(C(=O)c1[nH]c(-c2ccc(C(F)(F)F)cc2)nc1-c1ccccc1)c1ccccc1. The molecule has 0 bridgehead atoms. The molecule has 1 N–H and O–H groups in total. The summed E-state index contributed by atoms with van der Waals surface area (Å²) in [7, 11) is 0. The highest BCUT2D eigenvalue weighted by atomic mass is 19.4. The summed E-state index contributed by atoms with van der Waals surface area (Å²) in [4.78, 5) is 33.0. The normalized spacial score (nSPS) is 11.3. The highest BCUT2D eigenvalue weighted by Gasteiger charge is 2.30. The Bertz CT molecular complexity index is 1230. The summed E-state index contributed by atoms with van der Waals surface area (Å²) < 4.78 is 38.6. The molecule has 4 aromatic rings. The van der Waals surface area contributed by atoms with Gasteiger partial charge in [0.25, 0.3) is 5.78 Å². The molecule has 0 atom stereocenters. The Hall–Kier alpha value is -4.00. The van der Waals surface area contributed by atoms with Crippen molar-refractivity contribution in [1.29, 1.82) is 0 Å². The number of imidazole rings is 1. The highest BCUT2D eigenvalue weighted by Crippen LogP contribution is 2.32. The second-order valence-electron chi connectivity index (χ2n) is 6.77. The minimum Gasteiger partial charge on any atom is -0.335 e. The van der Waals surface area contributed by atoms with Crippen LogP contribution in [0.1, 0.15) is 26.4 Å². The maximum atomic E-state index is 13.0. The van der Waals surface area contributed by atoms with Crippen molar-refractivity contribution in [3.05, 3.63) is 102 Å². The topological polar surface area (TPSA) is 62.8 Å². The molecule has 0 fully saturated rings. The van der Waals surface area contributed by atoms with Crippen LogP contribution in [0.25, 0.3) is 22.6 Å². The molecular weight excluding hydrogens is 405 g/mol. The van der Waals surface area contributed by atoms with Gasteiger partial charge < -0.3 is 4.98 Å². The third-order valence-electron chi connectivity index (χ3n) is 4.71. The zero-order chi connectivity index (χ0) is 22.0. The Labute approximate surface area is 175 Å². The second kappa shape index (κ2) is 8.02. The van der Waals surface area contributed by atoms with E-state index in [2.05, 4.69) is 9.97 Å². The first-order chi connectivity index (χ1) is 14.8. The third-order valence-corrected chi connectivity index (χ3v) is 4.71. The summed E-state index contributed by atoms with van der Waals surface area (Å²) in [6.07, 6.45) is -4.46. The molecule has 0 saturated heterocycles. The van der Waals surface area contributed by atoms with E-state index in [1.165, 1.54) is 24.3 Å². The molecule has 0 aliphatic rings. The van der Waals surface area contributed by atoms with Gasteiger partial charge in [0.2, 0.25) is 5.78 Å². The van der Waals surface area contributed by atoms with Crippen LogP contribution in [0.2, 0.25) is 0 Å². The molecule has 31 heavy (non-hydrogen) atoms. The highest BCUT2D eigenvalue weighted by molar-refractivity contribution is 6.49. The molecule has 4 rings (SSSR count). The van der Waals surface area contributed by atoms with Gasteiger partial charge in [-0.05, 0) is 12.1 Å². The van der Waals surface area contributed by atoms with Crippen LogP contribution in [0.3, 0.4) is 0 Å². The maximum absolute atomic E-state index is 13.0. The summed E-state index contributed by atoms with van der Waals surface area (Å²) in [5, 5.41) is 0. The number of H-pyrrole nitrogens is 1.